The molecule has 12 nitrogen and oxygen atoms in total. The predicted octanol–water partition coefficient (Wildman–Crippen LogP) is 5.02. The van der Waals surface area contributed by atoms with Crippen LogP contribution in [0.4, 0.5) is 11.4 Å². The first-order valence-electron chi connectivity index (χ1n) is 10.7. The number of amides is 1. The van der Waals surface area contributed by atoms with Gasteiger partial charge in [-0.15, -0.1) is 0 Å². The third-order valence-corrected chi connectivity index (χ3v) is 5.47. The topological polar surface area (TPSA) is 155 Å². The van der Waals surface area contributed by atoms with Crippen molar-refractivity contribution in [2.24, 2.45) is 5.10 Å². The monoisotopic (exact) mass is 572 g/mol. The molecule has 0 radical (unpaired) electrons. The van der Waals surface area contributed by atoms with Gasteiger partial charge in [-0.25, -0.2) is 5.43 Å². The number of non-ortho nitro benzene ring substituents is 2. The largest absolute Gasteiger partial charge is 0.496 e. The number of ether oxygens (including phenoxy) is 3. The number of hydrazone groups is 1. The van der Waals surface area contributed by atoms with E-state index in [0.29, 0.717) is 28.1 Å². The van der Waals surface area contributed by atoms with Gasteiger partial charge in [0.15, 0.2) is 11.5 Å². The van der Waals surface area contributed by atoms with Crippen molar-refractivity contribution in [2.75, 3.05) is 13.7 Å². The highest BCUT2D eigenvalue weighted by molar-refractivity contribution is 9.10. The second-order valence-electron chi connectivity index (χ2n) is 7.32. The van der Waals surface area contributed by atoms with Crippen LogP contribution in [0.3, 0.4) is 0 Å². The number of benzene rings is 3. The quantitative estimate of drug-likeness (QED) is 0.191. The maximum atomic E-state index is 12.5. The molecular formula is C24H21BrN4O8. The van der Waals surface area contributed by atoms with Crippen molar-refractivity contribution < 1.29 is 28.9 Å². The highest BCUT2D eigenvalue weighted by atomic mass is 79.9. The van der Waals surface area contributed by atoms with Crippen LogP contribution in [-0.2, 0) is 6.61 Å². The molecule has 1 N–H and O–H groups in total. The summed E-state index contributed by atoms with van der Waals surface area (Å²) in [6, 6.07) is 13.0. The normalized spacial score (nSPS) is 10.7. The molecule has 0 aliphatic heterocycles. The van der Waals surface area contributed by atoms with Gasteiger partial charge in [-0.1, -0.05) is 0 Å². The predicted molar refractivity (Wildman–Crippen MR) is 137 cm³/mol. The molecule has 0 saturated carbocycles. The van der Waals surface area contributed by atoms with Gasteiger partial charge < -0.3 is 14.2 Å². The standard InChI is InChI=1S/C24H21BrN4O8/c1-3-36-22-11-16(10-20(25)23(22)37-14-15-4-6-17(7-5-15)28(31)32)13-26-27-24(30)19-12-18(29(33)34)8-9-21(19)35-2/h4-13H,3,14H2,1-2H3,(H,27,30)/b26-13-. The molecule has 192 valence electrons. The first kappa shape index (κ1) is 27.1. The van der Waals surface area contributed by atoms with Crippen LogP contribution >= 0.6 is 15.9 Å². The summed E-state index contributed by atoms with van der Waals surface area (Å²) in [6.07, 6.45) is 1.37. The third kappa shape index (κ3) is 7.01. The molecule has 0 saturated heterocycles. The molecule has 0 fully saturated rings. The molecule has 3 aromatic rings. The van der Waals surface area contributed by atoms with Crippen molar-refractivity contribution in [1.82, 2.24) is 5.43 Å². The minimum Gasteiger partial charge on any atom is -0.496 e. The van der Waals surface area contributed by atoms with E-state index in [0.717, 1.165) is 11.6 Å². The first-order chi connectivity index (χ1) is 17.7. The maximum absolute atomic E-state index is 12.5. The van der Waals surface area contributed by atoms with Crippen molar-refractivity contribution in [3.8, 4) is 17.2 Å². The van der Waals surface area contributed by atoms with Gasteiger partial charge in [-0.2, -0.15) is 5.10 Å². The molecule has 37 heavy (non-hydrogen) atoms. The molecule has 0 spiro atoms. The number of nitro groups is 2. The zero-order valence-corrected chi connectivity index (χ0v) is 21.3. The van der Waals surface area contributed by atoms with E-state index < -0.39 is 15.8 Å². The van der Waals surface area contributed by atoms with Crippen LogP contribution < -0.4 is 19.6 Å². The van der Waals surface area contributed by atoms with Gasteiger partial charge in [-0.05, 0) is 64.3 Å². The zero-order valence-electron chi connectivity index (χ0n) is 19.7. The van der Waals surface area contributed by atoms with Crippen molar-refractivity contribution in [1.29, 1.82) is 0 Å². The lowest BCUT2D eigenvalue weighted by molar-refractivity contribution is -0.385. The van der Waals surface area contributed by atoms with E-state index in [4.69, 9.17) is 14.2 Å². The summed E-state index contributed by atoms with van der Waals surface area (Å²) >= 11 is 3.45. The Morgan fingerprint density at radius 3 is 2.30 bits per heavy atom. The van der Waals surface area contributed by atoms with Crippen LogP contribution in [0.5, 0.6) is 17.2 Å². The van der Waals surface area contributed by atoms with Gasteiger partial charge >= 0.3 is 0 Å². The van der Waals surface area contributed by atoms with E-state index in [9.17, 15) is 25.0 Å². The molecule has 0 aliphatic rings. The van der Waals surface area contributed by atoms with Crippen LogP contribution in [0.15, 0.2) is 64.2 Å². The molecule has 0 unspecified atom stereocenters. The lowest BCUT2D eigenvalue weighted by atomic mass is 10.1. The van der Waals surface area contributed by atoms with E-state index in [-0.39, 0.29) is 29.3 Å². The minimum atomic E-state index is -0.691. The summed E-state index contributed by atoms with van der Waals surface area (Å²) in [6.45, 7) is 2.30. The van der Waals surface area contributed by atoms with E-state index in [1.807, 2.05) is 0 Å². The summed E-state index contributed by atoms with van der Waals surface area (Å²) in [5, 5.41) is 25.8. The fourth-order valence-corrected chi connectivity index (χ4v) is 3.72. The van der Waals surface area contributed by atoms with Gasteiger partial charge in [0.1, 0.15) is 12.4 Å². The molecular weight excluding hydrogens is 552 g/mol. The average Bonchev–Trinajstić information content (AvgIpc) is 2.88. The second-order valence-corrected chi connectivity index (χ2v) is 8.17. The third-order valence-electron chi connectivity index (χ3n) is 4.88. The highest BCUT2D eigenvalue weighted by Gasteiger charge is 2.17. The lowest BCUT2D eigenvalue weighted by Gasteiger charge is -2.14. The SMILES string of the molecule is CCOc1cc(/C=N\NC(=O)c2cc([N+](=O)[O-])ccc2OC)cc(Br)c1OCc1ccc([N+](=O)[O-])cc1. The van der Waals surface area contributed by atoms with E-state index in [1.54, 1.807) is 31.2 Å². The van der Waals surface area contributed by atoms with Crippen LogP contribution in [0.1, 0.15) is 28.4 Å². The summed E-state index contributed by atoms with van der Waals surface area (Å²) in [4.78, 5) is 33.3. The molecule has 0 aliphatic carbocycles. The Balaban J connectivity index is 1.75. The fourth-order valence-electron chi connectivity index (χ4n) is 3.15. The number of nitro benzene ring substituents is 2. The van der Waals surface area contributed by atoms with Crippen molar-refractivity contribution in [2.45, 2.75) is 13.5 Å². The average molecular weight is 573 g/mol. The number of nitrogens with one attached hydrogen (secondary N) is 1. The number of hydrogen-bond donors (Lipinski definition) is 1. The summed E-state index contributed by atoms with van der Waals surface area (Å²) in [7, 11) is 1.35. The van der Waals surface area contributed by atoms with E-state index >= 15 is 0 Å². The van der Waals surface area contributed by atoms with Crippen molar-refractivity contribution in [3.05, 3.63) is 96.0 Å². The Bertz CT molecular complexity index is 1350. The molecule has 0 bridgehead atoms. The molecule has 0 atom stereocenters. The van der Waals surface area contributed by atoms with Crippen LogP contribution in [0.2, 0.25) is 0 Å². The van der Waals surface area contributed by atoms with E-state index in [1.165, 1.54) is 37.6 Å². The van der Waals surface area contributed by atoms with Gasteiger partial charge in [0.05, 0.1) is 39.8 Å². The summed E-state index contributed by atoms with van der Waals surface area (Å²) < 4.78 is 17.2. The molecule has 3 rings (SSSR count). The molecule has 13 heteroatoms. The Morgan fingerprint density at radius 1 is 1.00 bits per heavy atom. The maximum Gasteiger partial charge on any atom is 0.275 e. The van der Waals surface area contributed by atoms with Crippen molar-refractivity contribution in [3.63, 3.8) is 0 Å². The molecule has 0 heterocycles. The lowest BCUT2D eigenvalue weighted by Crippen LogP contribution is -2.18. The number of nitrogens with zero attached hydrogens (tertiary/aromatic N) is 3. The number of rotatable bonds is 11. The smallest absolute Gasteiger partial charge is 0.275 e. The number of methoxy groups -OCH3 is 1. The zero-order chi connectivity index (χ0) is 26.9. The summed E-state index contributed by atoms with van der Waals surface area (Å²) in [5.41, 5.74) is 3.30. The van der Waals surface area contributed by atoms with Crippen LogP contribution in [0.25, 0.3) is 0 Å². The second kappa shape index (κ2) is 12.4. The highest BCUT2D eigenvalue weighted by Crippen LogP contribution is 2.37. The Hall–Kier alpha value is -4.52. The van der Waals surface area contributed by atoms with Gasteiger partial charge in [0.25, 0.3) is 17.3 Å². The Kier molecular flexibility index (Phi) is 9.11. The number of carbonyl (C=O) groups excluding carboxylic acids is 1. The van der Waals surface area contributed by atoms with Crippen LogP contribution in [0, 0.1) is 20.2 Å². The first-order valence-corrected chi connectivity index (χ1v) is 11.5. The summed E-state index contributed by atoms with van der Waals surface area (Å²) in [5.74, 6) is 0.299. The fraction of sp³-hybridized carbons (Fsp3) is 0.167. The number of carbonyl (C=O) groups is 1. The Morgan fingerprint density at radius 2 is 1.68 bits per heavy atom. The minimum absolute atomic E-state index is 0.0143. The van der Waals surface area contributed by atoms with Crippen molar-refractivity contribution >= 4 is 39.4 Å². The van der Waals surface area contributed by atoms with Gasteiger partial charge in [-0.3, -0.25) is 25.0 Å². The van der Waals surface area contributed by atoms with Gasteiger partial charge in [0.2, 0.25) is 0 Å². The molecule has 3 aromatic carbocycles. The number of halogens is 1. The van der Waals surface area contributed by atoms with E-state index in [2.05, 4.69) is 26.5 Å². The molecule has 0 aromatic heterocycles. The number of hydrogen-bond acceptors (Lipinski definition) is 9. The molecule has 1 amide bonds. The van der Waals surface area contributed by atoms with Crippen LogP contribution in [-0.4, -0.2) is 35.7 Å². The van der Waals surface area contributed by atoms with Gasteiger partial charge in [0, 0.05) is 24.3 Å². The Labute approximate surface area is 219 Å².